The average Bonchev–Trinajstić information content (AvgIpc) is 3.12. The molecule has 0 spiro atoms. The lowest BCUT2D eigenvalue weighted by molar-refractivity contribution is 1.59. The van der Waals surface area contributed by atoms with Gasteiger partial charge in [-0.25, -0.2) is 0 Å². The molecule has 0 aliphatic carbocycles. The van der Waals surface area contributed by atoms with Gasteiger partial charge in [0.05, 0.1) is 11.7 Å². The highest BCUT2D eigenvalue weighted by atomic mass is 79.9. The highest BCUT2D eigenvalue weighted by molar-refractivity contribution is 9.10. The first-order valence-electron chi connectivity index (χ1n) is 7.64. The Balaban J connectivity index is 1.85. The van der Waals surface area contributed by atoms with Crippen LogP contribution in [0.5, 0.6) is 0 Å². The monoisotopic (exact) mass is 390 g/mol. The van der Waals surface area contributed by atoms with Crippen LogP contribution in [0.15, 0.2) is 71.2 Å². The number of hydrogen-bond acceptors (Lipinski definition) is 3. The molecule has 24 heavy (non-hydrogen) atoms. The Labute approximate surface area is 151 Å². The van der Waals surface area contributed by atoms with Gasteiger partial charge in [-0.1, -0.05) is 54.6 Å². The molecule has 0 radical (unpaired) electrons. The molecule has 0 saturated carbocycles. The summed E-state index contributed by atoms with van der Waals surface area (Å²) < 4.78 is 9.89. The molecule has 5 aromatic rings. The fourth-order valence-electron chi connectivity index (χ4n) is 3.24. The van der Waals surface area contributed by atoms with Gasteiger partial charge in [0.1, 0.15) is 11.0 Å². The van der Waals surface area contributed by atoms with E-state index in [0.29, 0.717) is 0 Å². The van der Waals surface area contributed by atoms with Gasteiger partial charge in [-0.05, 0) is 55.2 Å². The van der Waals surface area contributed by atoms with Gasteiger partial charge in [-0.15, -0.1) is 0 Å². The van der Waals surface area contributed by atoms with Gasteiger partial charge < -0.3 is 0 Å². The van der Waals surface area contributed by atoms with E-state index in [1.807, 2.05) is 6.07 Å². The van der Waals surface area contributed by atoms with Crippen molar-refractivity contribution in [3.8, 4) is 11.1 Å². The van der Waals surface area contributed by atoms with Crippen molar-refractivity contribution in [2.24, 2.45) is 0 Å². The van der Waals surface area contributed by atoms with Crippen LogP contribution in [-0.2, 0) is 0 Å². The third kappa shape index (κ3) is 2.07. The number of hydrogen-bond donors (Lipinski definition) is 0. The highest BCUT2D eigenvalue weighted by Gasteiger charge is 2.11. The second-order valence-corrected chi connectivity index (χ2v) is 7.16. The van der Waals surface area contributed by atoms with Gasteiger partial charge >= 0.3 is 0 Å². The summed E-state index contributed by atoms with van der Waals surface area (Å²) in [4.78, 5) is 0. The zero-order chi connectivity index (χ0) is 16.1. The van der Waals surface area contributed by atoms with E-state index in [9.17, 15) is 0 Å². The Bertz CT molecular complexity index is 1230. The van der Waals surface area contributed by atoms with Crippen molar-refractivity contribution in [3.05, 3.63) is 71.2 Å². The lowest BCUT2D eigenvalue weighted by Gasteiger charge is -2.08. The normalized spacial score (nSPS) is 11.5. The third-order valence-electron chi connectivity index (χ3n) is 4.42. The number of fused-ring (bicyclic) bond motifs is 4. The minimum atomic E-state index is 0.926. The van der Waals surface area contributed by atoms with Crippen LogP contribution in [0.2, 0.25) is 0 Å². The predicted octanol–water partition coefficient (Wildman–Crippen LogP) is 6.43. The minimum Gasteiger partial charge on any atom is -0.172 e. The standard InChI is InChI=1S/C20H11BrN2S/c21-18-10-9-16(19-20(18)23-24-22-19)14-8-7-13-6-5-12-3-1-2-4-15(12)17(13)11-14/h1-11H. The molecular weight excluding hydrogens is 380 g/mol. The van der Waals surface area contributed by atoms with E-state index in [4.69, 9.17) is 0 Å². The Hall–Kier alpha value is -2.30. The van der Waals surface area contributed by atoms with Crippen molar-refractivity contribution in [2.45, 2.75) is 0 Å². The molecular formula is C20H11BrN2S. The number of halogens is 1. The highest BCUT2D eigenvalue weighted by Crippen LogP contribution is 2.35. The fraction of sp³-hybridized carbons (Fsp3) is 0. The lowest BCUT2D eigenvalue weighted by atomic mass is 9.96. The lowest BCUT2D eigenvalue weighted by Crippen LogP contribution is -1.84. The fourth-order valence-corrected chi connectivity index (χ4v) is 4.34. The second-order valence-electron chi connectivity index (χ2n) is 5.78. The first kappa shape index (κ1) is 14.1. The molecule has 0 aliphatic heterocycles. The van der Waals surface area contributed by atoms with Crippen molar-refractivity contribution >= 4 is 60.2 Å². The van der Waals surface area contributed by atoms with Crippen LogP contribution >= 0.6 is 27.7 Å². The molecule has 4 heteroatoms. The molecule has 0 N–H and O–H groups in total. The topological polar surface area (TPSA) is 25.8 Å². The molecule has 2 nitrogen and oxygen atoms in total. The molecule has 0 unspecified atom stereocenters. The molecule has 4 aromatic carbocycles. The van der Waals surface area contributed by atoms with Gasteiger partial charge in [0.25, 0.3) is 0 Å². The van der Waals surface area contributed by atoms with Gasteiger partial charge in [-0.2, -0.15) is 8.75 Å². The molecule has 0 bridgehead atoms. The molecule has 5 rings (SSSR count). The van der Waals surface area contributed by atoms with E-state index in [1.165, 1.54) is 38.8 Å². The maximum atomic E-state index is 4.50. The molecule has 1 heterocycles. The Morgan fingerprint density at radius 3 is 2.38 bits per heavy atom. The van der Waals surface area contributed by atoms with E-state index in [-0.39, 0.29) is 0 Å². The molecule has 114 valence electrons. The maximum absolute atomic E-state index is 4.50. The molecule has 0 aliphatic rings. The molecule has 0 saturated heterocycles. The summed E-state index contributed by atoms with van der Waals surface area (Å²) in [6.07, 6.45) is 0. The molecule has 0 fully saturated rings. The molecule has 0 atom stereocenters. The summed E-state index contributed by atoms with van der Waals surface area (Å²) in [5.41, 5.74) is 4.17. The zero-order valence-corrected chi connectivity index (χ0v) is 14.9. The predicted molar refractivity (Wildman–Crippen MR) is 106 cm³/mol. The van der Waals surface area contributed by atoms with Crippen molar-refractivity contribution in [1.82, 2.24) is 8.75 Å². The summed E-state index contributed by atoms with van der Waals surface area (Å²) in [6, 6.07) is 23.7. The van der Waals surface area contributed by atoms with Crippen LogP contribution in [0.4, 0.5) is 0 Å². The summed E-state index contributed by atoms with van der Waals surface area (Å²) >= 11 is 4.81. The van der Waals surface area contributed by atoms with Gasteiger partial charge in [0.15, 0.2) is 0 Å². The van der Waals surface area contributed by atoms with Gasteiger partial charge in [0.2, 0.25) is 0 Å². The number of benzene rings is 4. The van der Waals surface area contributed by atoms with Crippen LogP contribution in [0.1, 0.15) is 0 Å². The maximum Gasteiger partial charge on any atom is 0.119 e. The number of rotatable bonds is 1. The van der Waals surface area contributed by atoms with Crippen molar-refractivity contribution in [3.63, 3.8) is 0 Å². The summed E-state index contributed by atoms with van der Waals surface area (Å²) in [6.45, 7) is 0. The van der Waals surface area contributed by atoms with E-state index < -0.39 is 0 Å². The van der Waals surface area contributed by atoms with Crippen LogP contribution in [0.25, 0.3) is 43.7 Å². The second kappa shape index (κ2) is 5.36. The molecule has 0 amide bonds. The minimum absolute atomic E-state index is 0.926. The number of nitrogens with zero attached hydrogens (tertiary/aromatic N) is 2. The van der Waals surface area contributed by atoms with Gasteiger partial charge in [0, 0.05) is 10.0 Å². The van der Waals surface area contributed by atoms with Crippen molar-refractivity contribution in [1.29, 1.82) is 0 Å². The quantitative estimate of drug-likeness (QED) is 0.308. The van der Waals surface area contributed by atoms with Crippen molar-refractivity contribution in [2.75, 3.05) is 0 Å². The van der Waals surface area contributed by atoms with E-state index in [1.54, 1.807) is 0 Å². The first-order chi connectivity index (χ1) is 11.8. The SMILES string of the molecule is Brc1ccc(-c2ccc3ccc4ccccc4c3c2)c2nsnc12. The smallest absolute Gasteiger partial charge is 0.119 e. The first-order valence-corrected chi connectivity index (χ1v) is 9.16. The summed E-state index contributed by atoms with van der Waals surface area (Å²) in [7, 11) is 0. The zero-order valence-electron chi connectivity index (χ0n) is 12.5. The van der Waals surface area contributed by atoms with Crippen LogP contribution < -0.4 is 0 Å². The summed E-state index contributed by atoms with van der Waals surface area (Å²) in [5.74, 6) is 0. The Morgan fingerprint density at radius 1 is 0.708 bits per heavy atom. The van der Waals surface area contributed by atoms with Crippen LogP contribution in [0.3, 0.4) is 0 Å². The summed E-state index contributed by atoms with van der Waals surface area (Å²) in [5, 5.41) is 5.06. The van der Waals surface area contributed by atoms with E-state index in [0.717, 1.165) is 21.1 Å². The number of aromatic nitrogens is 2. The van der Waals surface area contributed by atoms with Crippen LogP contribution in [-0.4, -0.2) is 8.75 Å². The van der Waals surface area contributed by atoms with Crippen LogP contribution in [0, 0.1) is 0 Å². The molecule has 1 aromatic heterocycles. The van der Waals surface area contributed by atoms with Gasteiger partial charge in [-0.3, -0.25) is 0 Å². The van der Waals surface area contributed by atoms with E-state index in [2.05, 4.69) is 85.3 Å². The average molecular weight is 391 g/mol. The Kier molecular flexibility index (Phi) is 3.15. The third-order valence-corrected chi connectivity index (χ3v) is 5.59. The largest absolute Gasteiger partial charge is 0.172 e. The Morgan fingerprint density at radius 2 is 1.46 bits per heavy atom. The van der Waals surface area contributed by atoms with Crippen molar-refractivity contribution < 1.29 is 0 Å². The van der Waals surface area contributed by atoms with E-state index >= 15 is 0 Å².